The predicted octanol–water partition coefficient (Wildman–Crippen LogP) is 0.416. The number of amides is 1. The van der Waals surface area contributed by atoms with Crippen LogP contribution in [0.15, 0.2) is 12.1 Å². The van der Waals surface area contributed by atoms with Crippen LogP contribution in [0.4, 0.5) is 5.82 Å². The molecular formula is C13H21N5O. The van der Waals surface area contributed by atoms with Crippen molar-refractivity contribution in [2.75, 3.05) is 37.6 Å². The molecule has 1 aromatic rings. The number of nitrogens with zero attached hydrogens (tertiary/aromatic N) is 3. The Morgan fingerprint density at radius 1 is 1.26 bits per heavy atom. The van der Waals surface area contributed by atoms with Gasteiger partial charge in [0.05, 0.1) is 0 Å². The van der Waals surface area contributed by atoms with Crippen LogP contribution in [0.1, 0.15) is 30.3 Å². The summed E-state index contributed by atoms with van der Waals surface area (Å²) in [6, 6.07) is 3.61. The van der Waals surface area contributed by atoms with Crippen LogP contribution < -0.4 is 15.5 Å². The molecule has 6 nitrogen and oxygen atoms in total. The van der Waals surface area contributed by atoms with Crippen LogP contribution in [0.2, 0.25) is 0 Å². The number of nitrogens with one attached hydrogen (secondary N) is 2. The fraction of sp³-hybridized carbons (Fsp3) is 0.615. The SMILES string of the molecule is CCNCCNC(=O)c1ccc(N2CCCC2)nn1. The van der Waals surface area contributed by atoms with Crippen molar-refractivity contribution >= 4 is 11.7 Å². The highest BCUT2D eigenvalue weighted by atomic mass is 16.1. The Hall–Kier alpha value is -1.69. The number of carbonyl (C=O) groups is 1. The molecule has 2 heterocycles. The fourth-order valence-electron chi connectivity index (χ4n) is 2.09. The molecule has 1 amide bonds. The maximum Gasteiger partial charge on any atom is 0.271 e. The van der Waals surface area contributed by atoms with E-state index in [1.54, 1.807) is 6.07 Å². The van der Waals surface area contributed by atoms with Gasteiger partial charge in [0.1, 0.15) is 0 Å². The molecule has 0 radical (unpaired) electrons. The van der Waals surface area contributed by atoms with E-state index in [-0.39, 0.29) is 5.91 Å². The van der Waals surface area contributed by atoms with Crippen molar-refractivity contribution in [2.45, 2.75) is 19.8 Å². The minimum Gasteiger partial charge on any atom is -0.355 e. The van der Waals surface area contributed by atoms with Crippen molar-refractivity contribution in [3.8, 4) is 0 Å². The monoisotopic (exact) mass is 263 g/mol. The summed E-state index contributed by atoms with van der Waals surface area (Å²) in [5, 5.41) is 14.1. The predicted molar refractivity (Wildman–Crippen MR) is 74.4 cm³/mol. The van der Waals surface area contributed by atoms with Gasteiger partial charge in [-0.2, -0.15) is 0 Å². The van der Waals surface area contributed by atoms with Crippen LogP contribution in [0, 0.1) is 0 Å². The van der Waals surface area contributed by atoms with Crippen molar-refractivity contribution in [2.24, 2.45) is 0 Å². The van der Waals surface area contributed by atoms with Gasteiger partial charge in [0.2, 0.25) is 0 Å². The molecule has 0 aliphatic carbocycles. The van der Waals surface area contributed by atoms with Crippen LogP contribution in [-0.2, 0) is 0 Å². The first-order chi connectivity index (χ1) is 9.31. The highest BCUT2D eigenvalue weighted by Gasteiger charge is 2.15. The number of anilines is 1. The number of rotatable bonds is 6. The fourth-order valence-corrected chi connectivity index (χ4v) is 2.09. The zero-order valence-corrected chi connectivity index (χ0v) is 11.4. The lowest BCUT2D eigenvalue weighted by Crippen LogP contribution is -2.32. The molecule has 0 atom stereocenters. The highest BCUT2D eigenvalue weighted by molar-refractivity contribution is 5.92. The summed E-state index contributed by atoms with van der Waals surface area (Å²) in [7, 11) is 0. The molecule has 2 N–H and O–H groups in total. The minimum absolute atomic E-state index is 0.168. The van der Waals surface area contributed by atoms with E-state index in [0.717, 1.165) is 32.0 Å². The minimum atomic E-state index is -0.168. The van der Waals surface area contributed by atoms with Crippen LogP contribution in [-0.4, -0.2) is 48.8 Å². The standard InChI is InChI=1S/C13H21N5O/c1-2-14-7-8-15-13(19)11-5-6-12(17-16-11)18-9-3-4-10-18/h5-6,14H,2-4,7-10H2,1H3,(H,15,19). The third-order valence-corrected chi connectivity index (χ3v) is 3.15. The van der Waals surface area contributed by atoms with Gasteiger partial charge in [0.15, 0.2) is 11.5 Å². The first-order valence-corrected chi connectivity index (χ1v) is 6.89. The van der Waals surface area contributed by atoms with Crippen LogP contribution >= 0.6 is 0 Å². The summed E-state index contributed by atoms with van der Waals surface area (Å²) in [6.45, 7) is 6.36. The molecular weight excluding hydrogens is 242 g/mol. The van der Waals surface area contributed by atoms with Gasteiger partial charge in [0, 0.05) is 26.2 Å². The molecule has 1 fully saturated rings. The average molecular weight is 263 g/mol. The third-order valence-electron chi connectivity index (χ3n) is 3.15. The Balaban J connectivity index is 1.85. The van der Waals surface area contributed by atoms with E-state index in [4.69, 9.17) is 0 Å². The molecule has 1 aliphatic rings. The van der Waals surface area contributed by atoms with Gasteiger partial charge < -0.3 is 15.5 Å². The molecule has 104 valence electrons. The topological polar surface area (TPSA) is 70.2 Å². The summed E-state index contributed by atoms with van der Waals surface area (Å²) < 4.78 is 0. The van der Waals surface area contributed by atoms with E-state index >= 15 is 0 Å². The second-order valence-corrected chi connectivity index (χ2v) is 4.58. The molecule has 0 bridgehead atoms. The third kappa shape index (κ3) is 3.89. The smallest absolute Gasteiger partial charge is 0.271 e. The van der Waals surface area contributed by atoms with Crippen molar-refractivity contribution in [1.82, 2.24) is 20.8 Å². The van der Waals surface area contributed by atoms with Gasteiger partial charge in [-0.3, -0.25) is 4.79 Å². The lowest BCUT2D eigenvalue weighted by molar-refractivity contribution is 0.0948. The van der Waals surface area contributed by atoms with Gasteiger partial charge in [-0.1, -0.05) is 6.92 Å². The number of hydrogen-bond acceptors (Lipinski definition) is 5. The summed E-state index contributed by atoms with van der Waals surface area (Å²) in [5.74, 6) is 0.695. The Labute approximate surface area is 113 Å². The Morgan fingerprint density at radius 2 is 2.05 bits per heavy atom. The molecule has 0 unspecified atom stereocenters. The van der Waals surface area contributed by atoms with E-state index < -0.39 is 0 Å². The largest absolute Gasteiger partial charge is 0.355 e. The molecule has 1 saturated heterocycles. The van der Waals surface area contributed by atoms with Gasteiger partial charge in [-0.15, -0.1) is 10.2 Å². The Morgan fingerprint density at radius 3 is 2.68 bits per heavy atom. The normalized spacial score (nSPS) is 14.7. The summed E-state index contributed by atoms with van der Waals surface area (Å²) in [4.78, 5) is 14.0. The van der Waals surface area contributed by atoms with Crippen LogP contribution in [0.25, 0.3) is 0 Å². The van der Waals surface area contributed by atoms with Crippen molar-refractivity contribution in [3.05, 3.63) is 17.8 Å². The van der Waals surface area contributed by atoms with Crippen molar-refractivity contribution in [1.29, 1.82) is 0 Å². The Kier molecular flexibility index (Phi) is 5.09. The van der Waals surface area contributed by atoms with E-state index in [2.05, 4.69) is 25.7 Å². The first-order valence-electron chi connectivity index (χ1n) is 6.89. The van der Waals surface area contributed by atoms with E-state index in [1.165, 1.54) is 12.8 Å². The van der Waals surface area contributed by atoms with Crippen molar-refractivity contribution < 1.29 is 4.79 Å². The second-order valence-electron chi connectivity index (χ2n) is 4.58. The van der Waals surface area contributed by atoms with Crippen LogP contribution in [0.3, 0.4) is 0 Å². The van der Waals surface area contributed by atoms with Gasteiger partial charge in [-0.25, -0.2) is 0 Å². The lowest BCUT2D eigenvalue weighted by Gasteiger charge is -2.15. The number of aromatic nitrogens is 2. The summed E-state index contributed by atoms with van der Waals surface area (Å²) in [6.07, 6.45) is 2.41. The zero-order valence-electron chi connectivity index (χ0n) is 11.4. The number of carbonyl (C=O) groups excluding carboxylic acids is 1. The van der Waals surface area contributed by atoms with E-state index in [9.17, 15) is 4.79 Å². The Bertz CT molecular complexity index is 400. The molecule has 19 heavy (non-hydrogen) atoms. The molecule has 1 aliphatic heterocycles. The zero-order chi connectivity index (χ0) is 13.5. The molecule has 2 rings (SSSR count). The maximum absolute atomic E-state index is 11.8. The molecule has 0 aromatic carbocycles. The molecule has 6 heteroatoms. The quantitative estimate of drug-likeness (QED) is 0.728. The molecule has 0 saturated carbocycles. The number of likely N-dealkylation sites (N-methyl/N-ethyl adjacent to an activating group) is 1. The first kappa shape index (κ1) is 13.7. The number of hydrogen-bond donors (Lipinski definition) is 2. The van der Waals surface area contributed by atoms with Gasteiger partial charge >= 0.3 is 0 Å². The van der Waals surface area contributed by atoms with E-state index in [1.807, 2.05) is 13.0 Å². The molecule has 1 aromatic heterocycles. The van der Waals surface area contributed by atoms with Crippen molar-refractivity contribution in [3.63, 3.8) is 0 Å². The second kappa shape index (κ2) is 7.04. The van der Waals surface area contributed by atoms with E-state index in [0.29, 0.717) is 12.2 Å². The van der Waals surface area contributed by atoms with Crippen LogP contribution in [0.5, 0.6) is 0 Å². The maximum atomic E-state index is 11.8. The summed E-state index contributed by atoms with van der Waals surface area (Å²) in [5.41, 5.74) is 0.374. The highest BCUT2D eigenvalue weighted by Crippen LogP contribution is 2.16. The summed E-state index contributed by atoms with van der Waals surface area (Å²) >= 11 is 0. The van der Waals surface area contributed by atoms with Gasteiger partial charge in [-0.05, 0) is 31.5 Å². The van der Waals surface area contributed by atoms with Gasteiger partial charge in [0.25, 0.3) is 5.91 Å². The average Bonchev–Trinajstić information content (AvgIpc) is 2.98. The lowest BCUT2D eigenvalue weighted by atomic mass is 10.3. The molecule has 0 spiro atoms.